The number of esters is 1. The molecule has 0 radical (unpaired) electrons. The zero-order valence-corrected chi connectivity index (χ0v) is 16.8. The lowest BCUT2D eigenvalue weighted by Gasteiger charge is -2.15. The summed E-state index contributed by atoms with van der Waals surface area (Å²) in [5.41, 5.74) is 4.83. The predicted octanol–water partition coefficient (Wildman–Crippen LogP) is 4.64. The van der Waals surface area contributed by atoms with Crippen molar-refractivity contribution in [1.29, 1.82) is 0 Å². The van der Waals surface area contributed by atoms with Crippen LogP contribution in [-0.2, 0) is 11.3 Å². The number of anilines is 1. The molecule has 1 heterocycles. The van der Waals surface area contributed by atoms with Gasteiger partial charge >= 0.3 is 5.97 Å². The number of nitrogen functional groups attached to an aromatic ring is 1. The molecule has 9 heteroatoms. The average Bonchev–Trinajstić information content (AvgIpc) is 2.75. The normalized spacial score (nSPS) is 10.6. The van der Waals surface area contributed by atoms with Crippen molar-refractivity contribution in [1.82, 2.24) is 4.98 Å². The van der Waals surface area contributed by atoms with Crippen LogP contribution in [0.5, 0.6) is 11.5 Å². The van der Waals surface area contributed by atoms with Crippen molar-refractivity contribution < 1.29 is 27.8 Å². The minimum absolute atomic E-state index is 0.0110. The number of nitrogens with two attached hydrogens (primary N) is 1. The molecule has 1 aromatic heterocycles. The van der Waals surface area contributed by atoms with Crippen molar-refractivity contribution in [3.63, 3.8) is 0 Å². The van der Waals surface area contributed by atoms with Crippen LogP contribution in [0.4, 0.5) is 14.5 Å². The summed E-state index contributed by atoms with van der Waals surface area (Å²) in [6, 6.07) is 11.4. The molecule has 6 nitrogen and oxygen atoms in total. The molecule has 0 fully saturated rings. The van der Waals surface area contributed by atoms with Crippen LogP contribution in [-0.4, -0.2) is 25.2 Å². The Labute approximate surface area is 176 Å². The lowest BCUT2D eigenvalue weighted by Crippen LogP contribution is -2.14. The third-order valence-electron chi connectivity index (χ3n) is 4.25. The summed E-state index contributed by atoms with van der Waals surface area (Å²) in [5, 5.41) is -0.0110. The van der Waals surface area contributed by atoms with Crippen LogP contribution in [0.25, 0.3) is 11.3 Å². The van der Waals surface area contributed by atoms with Crippen LogP contribution < -0.4 is 15.2 Å². The average molecular weight is 435 g/mol. The predicted molar refractivity (Wildman–Crippen MR) is 108 cm³/mol. The molecule has 0 bridgehead atoms. The van der Waals surface area contributed by atoms with E-state index in [9.17, 15) is 13.6 Å². The summed E-state index contributed by atoms with van der Waals surface area (Å²) < 4.78 is 44.9. The second-order valence-corrected chi connectivity index (χ2v) is 6.48. The Morgan fingerprint density at radius 1 is 1.03 bits per heavy atom. The molecule has 3 aromatic rings. The van der Waals surface area contributed by atoms with Gasteiger partial charge in [-0.05, 0) is 17.7 Å². The summed E-state index contributed by atoms with van der Waals surface area (Å²) in [4.78, 5) is 16.6. The molecule has 0 aliphatic rings. The van der Waals surface area contributed by atoms with Gasteiger partial charge in [0.1, 0.15) is 18.0 Å². The monoisotopic (exact) mass is 434 g/mol. The maximum absolute atomic E-state index is 14.9. The molecule has 30 heavy (non-hydrogen) atoms. The smallest absolute Gasteiger partial charge is 0.361 e. The largest absolute Gasteiger partial charge is 0.492 e. The maximum Gasteiger partial charge on any atom is 0.361 e. The van der Waals surface area contributed by atoms with Gasteiger partial charge in [-0.2, -0.15) is 0 Å². The highest BCUT2D eigenvalue weighted by molar-refractivity contribution is 6.32. The third-order valence-corrected chi connectivity index (χ3v) is 4.54. The van der Waals surface area contributed by atoms with Crippen molar-refractivity contribution in [3.8, 4) is 22.8 Å². The number of pyridine rings is 1. The first-order valence-corrected chi connectivity index (χ1v) is 9.03. The van der Waals surface area contributed by atoms with Crippen molar-refractivity contribution in [2.75, 3.05) is 20.0 Å². The first kappa shape index (κ1) is 21.3. The Balaban J connectivity index is 2.07. The van der Waals surface area contributed by atoms with Gasteiger partial charge in [0, 0.05) is 5.56 Å². The van der Waals surface area contributed by atoms with Crippen molar-refractivity contribution in [2.45, 2.75) is 6.61 Å². The van der Waals surface area contributed by atoms with Gasteiger partial charge in [-0.25, -0.2) is 18.6 Å². The Kier molecular flexibility index (Phi) is 6.37. The number of methoxy groups -OCH3 is 2. The van der Waals surface area contributed by atoms with Gasteiger partial charge in [0.2, 0.25) is 0 Å². The highest BCUT2D eigenvalue weighted by atomic mass is 35.5. The summed E-state index contributed by atoms with van der Waals surface area (Å²) in [5.74, 6) is -3.53. The summed E-state index contributed by atoms with van der Waals surface area (Å²) in [6.07, 6.45) is 0. The highest BCUT2D eigenvalue weighted by Crippen LogP contribution is 2.39. The molecule has 3 rings (SSSR count). The van der Waals surface area contributed by atoms with E-state index in [1.54, 1.807) is 24.3 Å². The van der Waals surface area contributed by atoms with E-state index < -0.39 is 34.7 Å². The molecular weight excluding hydrogens is 418 g/mol. The van der Waals surface area contributed by atoms with Gasteiger partial charge < -0.3 is 19.9 Å². The van der Waals surface area contributed by atoms with Gasteiger partial charge in [-0.3, -0.25) is 0 Å². The molecule has 2 N–H and O–H groups in total. The van der Waals surface area contributed by atoms with Crippen LogP contribution in [0.1, 0.15) is 16.1 Å². The molecule has 0 atom stereocenters. The topological polar surface area (TPSA) is 83.7 Å². The number of rotatable bonds is 6. The number of aromatic nitrogens is 1. The van der Waals surface area contributed by atoms with Gasteiger partial charge in [0.25, 0.3) is 0 Å². The van der Waals surface area contributed by atoms with Crippen LogP contribution in [0, 0.1) is 11.6 Å². The zero-order valence-electron chi connectivity index (χ0n) is 16.0. The molecule has 0 amide bonds. The number of nitrogens with zero attached hydrogens (tertiary/aromatic N) is 1. The fourth-order valence-corrected chi connectivity index (χ4v) is 3.01. The number of hydrogen-bond acceptors (Lipinski definition) is 6. The first-order valence-electron chi connectivity index (χ1n) is 8.65. The lowest BCUT2D eigenvalue weighted by atomic mass is 10.1. The molecule has 0 unspecified atom stereocenters. The Hall–Kier alpha value is -3.39. The van der Waals surface area contributed by atoms with Gasteiger partial charge in [0.15, 0.2) is 28.8 Å². The van der Waals surface area contributed by atoms with E-state index in [0.717, 1.165) is 5.56 Å². The fourth-order valence-electron chi connectivity index (χ4n) is 2.78. The number of benzene rings is 2. The number of carbonyl (C=O) groups excluding carboxylic acids is 1. The number of halogens is 3. The van der Waals surface area contributed by atoms with E-state index in [2.05, 4.69) is 4.98 Å². The van der Waals surface area contributed by atoms with Crippen molar-refractivity contribution in [3.05, 3.63) is 70.4 Å². The Bertz CT molecular complexity index is 1090. The molecule has 0 aliphatic heterocycles. The molecule has 0 spiro atoms. The number of carbonyl (C=O) groups is 1. The van der Waals surface area contributed by atoms with E-state index in [-0.39, 0.29) is 28.7 Å². The van der Waals surface area contributed by atoms with E-state index in [4.69, 9.17) is 31.5 Å². The molecule has 156 valence electrons. The van der Waals surface area contributed by atoms with Gasteiger partial charge in [-0.1, -0.05) is 41.9 Å². The van der Waals surface area contributed by atoms with E-state index in [1.807, 2.05) is 6.07 Å². The Morgan fingerprint density at radius 2 is 1.70 bits per heavy atom. The fraction of sp³-hybridized carbons (Fsp3) is 0.143. The molecule has 0 saturated carbocycles. The van der Waals surface area contributed by atoms with Crippen molar-refractivity contribution >= 4 is 23.3 Å². The molecule has 0 aliphatic carbocycles. The first-order chi connectivity index (χ1) is 14.4. The minimum Gasteiger partial charge on any atom is -0.492 e. The number of hydrogen-bond donors (Lipinski definition) is 1. The second kappa shape index (κ2) is 8.96. The summed E-state index contributed by atoms with van der Waals surface area (Å²) in [7, 11) is 2.42. The van der Waals surface area contributed by atoms with Gasteiger partial charge in [-0.15, -0.1) is 0 Å². The molecule has 2 aromatic carbocycles. The lowest BCUT2D eigenvalue weighted by molar-refractivity contribution is 0.0462. The van der Waals surface area contributed by atoms with Crippen LogP contribution in [0.3, 0.4) is 0 Å². The third kappa shape index (κ3) is 3.99. The summed E-state index contributed by atoms with van der Waals surface area (Å²) in [6.45, 7) is -0.0553. The molecular formula is C21H17ClF2N2O4. The van der Waals surface area contributed by atoms with E-state index >= 15 is 0 Å². The van der Waals surface area contributed by atoms with Crippen molar-refractivity contribution in [2.24, 2.45) is 0 Å². The summed E-state index contributed by atoms with van der Waals surface area (Å²) >= 11 is 5.89. The van der Waals surface area contributed by atoms with Crippen LogP contribution in [0.2, 0.25) is 5.02 Å². The minimum atomic E-state index is -1.06. The maximum atomic E-state index is 14.9. The van der Waals surface area contributed by atoms with Crippen LogP contribution >= 0.6 is 11.6 Å². The zero-order chi connectivity index (χ0) is 21.8. The Morgan fingerprint density at radius 3 is 2.33 bits per heavy atom. The van der Waals surface area contributed by atoms with Gasteiger partial charge in [0.05, 0.1) is 19.2 Å². The quantitative estimate of drug-likeness (QED) is 0.569. The van der Waals surface area contributed by atoms with Crippen LogP contribution in [0.15, 0.2) is 42.5 Å². The SMILES string of the molecule is COc1c(C(=O)OCc2ccccc2)nc(-c2ccc(Cl)c(OC)c2F)c(F)c1N. The van der Waals surface area contributed by atoms with E-state index in [1.165, 1.54) is 26.4 Å². The highest BCUT2D eigenvalue weighted by Gasteiger charge is 2.27. The number of ether oxygens (including phenoxy) is 3. The standard InChI is InChI=1S/C21H17ClF2N2O4/c1-28-19-13(22)9-8-12(14(19)23)17-15(24)16(25)20(29-2)18(26-17)21(27)30-10-11-6-4-3-5-7-11/h3-9H,10H2,1-2H3,(H2,25,26). The second-order valence-electron chi connectivity index (χ2n) is 6.07. The van der Waals surface area contributed by atoms with E-state index in [0.29, 0.717) is 0 Å². The molecule has 0 saturated heterocycles.